The molecule has 2 aromatic rings. The SMILES string of the molecule is Cn1cc(C(O)Cc2nccs2)nn1. The maximum atomic E-state index is 9.76. The van der Waals surface area contributed by atoms with Crippen LogP contribution in [0.1, 0.15) is 16.8 Å². The number of aryl methyl sites for hydroxylation is 1. The van der Waals surface area contributed by atoms with Crippen molar-refractivity contribution in [3.8, 4) is 0 Å². The van der Waals surface area contributed by atoms with E-state index >= 15 is 0 Å². The summed E-state index contributed by atoms with van der Waals surface area (Å²) < 4.78 is 1.57. The first-order valence-electron chi connectivity index (χ1n) is 4.18. The Labute approximate surface area is 85.0 Å². The van der Waals surface area contributed by atoms with Crippen molar-refractivity contribution >= 4 is 11.3 Å². The van der Waals surface area contributed by atoms with Crippen LogP contribution < -0.4 is 0 Å². The van der Waals surface area contributed by atoms with Crippen LogP contribution in [0.15, 0.2) is 17.8 Å². The van der Waals surface area contributed by atoms with Crippen LogP contribution in [0.2, 0.25) is 0 Å². The minimum atomic E-state index is -0.616. The van der Waals surface area contributed by atoms with Gasteiger partial charge in [-0.3, -0.25) is 4.68 Å². The highest BCUT2D eigenvalue weighted by Crippen LogP contribution is 2.16. The number of thiazole rings is 1. The first-order chi connectivity index (χ1) is 6.75. The summed E-state index contributed by atoms with van der Waals surface area (Å²) in [5, 5.41) is 20.1. The minimum Gasteiger partial charge on any atom is -0.386 e. The summed E-state index contributed by atoms with van der Waals surface area (Å²) in [5.74, 6) is 0. The van der Waals surface area contributed by atoms with Crippen molar-refractivity contribution in [2.45, 2.75) is 12.5 Å². The molecule has 6 heteroatoms. The number of aromatic nitrogens is 4. The molecule has 74 valence electrons. The zero-order valence-electron chi connectivity index (χ0n) is 7.66. The van der Waals surface area contributed by atoms with E-state index in [4.69, 9.17) is 0 Å². The molecule has 0 aromatic carbocycles. The van der Waals surface area contributed by atoms with Gasteiger partial charge in [0.1, 0.15) is 11.8 Å². The average Bonchev–Trinajstić information content (AvgIpc) is 2.75. The Bertz CT molecular complexity index is 397. The van der Waals surface area contributed by atoms with Crippen LogP contribution in [0.3, 0.4) is 0 Å². The summed E-state index contributed by atoms with van der Waals surface area (Å²) in [6.07, 6.45) is 3.31. The van der Waals surface area contributed by atoms with Crippen molar-refractivity contribution in [2.24, 2.45) is 7.05 Å². The summed E-state index contributed by atoms with van der Waals surface area (Å²) >= 11 is 1.53. The quantitative estimate of drug-likeness (QED) is 0.803. The second-order valence-electron chi connectivity index (χ2n) is 2.96. The van der Waals surface area contributed by atoms with Gasteiger partial charge in [-0.05, 0) is 0 Å². The maximum absolute atomic E-state index is 9.76. The van der Waals surface area contributed by atoms with E-state index in [2.05, 4.69) is 15.3 Å². The van der Waals surface area contributed by atoms with E-state index < -0.39 is 6.10 Å². The van der Waals surface area contributed by atoms with Gasteiger partial charge in [0.05, 0.1) is 11.2 Å². The van der Waals surface area contributed by atoms with Crippen molar-refractivity contribution in [2.75, 3.05) is 0 Å². The van der Waals surface area contributed by atoms with E-state index in [0.29, 0.717) is 12.1 Å². The van der Waals surface area contributed by atoms with Gasteiger partial charge in [-0.25, -0.2) is 4.98 Å². The molecule has 2 aromatic heterocycles. The monoisotopic (exact) mass is 210 g/mol. The number of rotatable bonds is 3. The predicted octanol–water partition coefficient (Wildman–Crippen LogP) is 0.548. The highest BCUT2D eigenvalue weighted by Gasteiger charge is 2.13. The van der Waals surface area contributed by atoms with Gasteiger partial charge in [-0.2, -0.15) is 0 Å². The molecule has 0 saturated carbocycles. The molecule has 1 N–H and O–H groups in total. The van der Waals surface area contributed by atoms with Gasteiger partial charge in [0.25, 0.3) is 0 Å². The van der Waals surface area contributed by atoms with E-state index in [9.17, 15) is 5.11 Å². The highest BCUT2D eigenvalue weighted by atomic mass is 32.1. The largest absolute Gasteiger partial charge is 0.386 e. The summed E-state index contributed by atoms with van der Waals surface area (Å²) in [6, 6.07) is 0. The predicted molar refractivity (Wildman–Crippen MR) is 51.8 cm³/mol. The van der Waals surface area contributed by atoms with Gasteiger partial charge in [0.2, 0.25) is 0 Å². The molecule has 0 spiro atoms. The van der Waals surface area contributed by atoms with Gasteiger partial charge in [0, 0.05) is 25.0 Å². The Morgan fingerprint density at radius 2 is 2.50 bits per heavy atom. The van der Waals surface area contributed by atoms with Crippen LogP contribution in [0.25, 0.3) is 0 Å². The van der Waals surface area contributed by atoms with Crippen LogP contribution >= 0.6 is 11.3 Å². The molecule has 0 fully saturated rings. The van der Waals surface area contributed by atoms with Crippen molar-refractivity contribution in [1.82, 2.24) is 20.0 Å². The second-order valence-corrected chi connectivity index (χ2v) is 3.94. The lowest BCUT2D eigenvalue weighted by molar-refractivity contribution is 0.173. The molecule has 14 heavy (non-hydrogen) atoms. The van der Waals surface area contributed by atoms with Crippen LogP contribution in [0.5, 0.6) is 0 Å². The van der Waals surface area contributed by atoms with Crippen LogP contribution in [-0.2, 0) is 13.5 Å². The maximum Gasteiger partial charge on any atom is 0.112 e. The summed E-state index contributed by atoms with van der Waals surface area (Å²) in [5.41, 5.74) is 0.586. The van der Waals surface area contributed by atoms with Crippen LogP contribution in [0, 0.1) is 0 Å². The fourth-order valence-electron chi connectivity index (χ4n) is 1.14. The lowest BCUT2D eigenvalue weighted by Gasteiger charge is -2.02. The lowest BCUT2D eigenvalue weighted by Crippen LogP contribution is -2.01. The van der Waals surface area contributed by atoms with Gasteiger partial charge >= 0.3 is 0 Å². The van der Waals surface area contributed by atoms with Gasteiger partial charge in [-0.15, -0.1) is 16.4 Å². The normalized spacial score (nSPS) is 13.0. The van der Waals surface area contributed by atoms with Crippen molar-refractivity contribution in [3.63, 3.8) is 0 Å². The van der Waals surface area contributed by atoms with E-state index in [0.717, 1.165) is 5.01 Å². The number of nitrogens with zero attached hydrogens (tertiary/aromatic N) is 4. The third-order valence-electron chi connectivity index (χ3n) is 1.81. The number of aliphatic hydroxyl groups is 1. The Hall–Kier alpha value is -1.27. The van der Waals surface area contributed by atoms with E-state index in [1.54, 1.807) is 24.1 Å². The van der Waals surface area contributed by atoms with Crippen molar-refractivity contribution in [3.05, 3.63) is 28.5 Å². The molecule has 0 aliphatic carbocycles. The third kappa shape index (κ3) is 1.97. The van der Waals surface area contributed by atoms with Crippen LogP contribution in [-0.4, -0.2) is 25.1 Å². The average molecular weight is 210 g/mol. The summed E-state index contributed by atoms with van der Waals surface area (Å²) in [7, 11) is 1.77. The molecule has 0 aliphatic heterocycles. The first-order valence-corrected chi connectivity index (χ1v) is 5.06. The topological polar surface area (TPSA) is 63.8 Å². The second kappa shape index (κ2) is 3.85. The number of hydrogen-bond acceptors (Lipinski definition) is 5. The molecular formula is C8H10N4OS. The molecule has 0 amide bonds. The van der Waals surface area contributed by atoms with Gasteiger partial charge in [-0.1, -0.05) is 5.21 Å². The molecule has 0 aliphatic rings. The molecular weight excluding hydrogens is 200 g/mol. The van der Waals surface area contributed by atoms with E-state index in [-0.39, 0.29) is 0 Å². The summed E-state index contributed by atoms with van der Waals surface area (Å²) in [4.78, 5) is 4.09. The van der Waals surface area contributed by atoms with Crippen molar-refractivity contribution < 1.29 is 5.11 Å². The fraction of sp³-hybridized carbons (Fsp3) is 0.375. The number of aliphatic hydroxyl groups excluding tert-OH is 1. The molecule has 0 saturated heterocycles. The molecule has 5 nitrogen and oxygen atoms in total. The standard InChI is InChI=1S/C8H10N4OS/c1-12-5-6(10-11-12)7(13)4-8-9-2-3-14-8/h2-3,5,7,13H,4H2,1H3. The summed E-state index contributed by atoms with van der Waals surface area (Å²) in [6.45, 7) is 0. The molecule has 2 rings (SSSR count). The molecule has 1 unspecified atom stereocenters. The zero-order chi connectivity index (χ0) is 9.97. The Morgan fingerprint density at radius 1 is 1.64 bits per heavy atom. The van der Waals surface area contributed by atoms with Gasteiger partial charge in [0.15, 0.2) is 0 Å². The van der Waals surface area contributed by atoms with Crippen molar-refractivity contribution in [1.29, 1.82) is 0 Å². The Kier molecular flexibility index (Phi) is 2.55. The third-order valence-corrected chi connectivity index (χ3v) is 2.62. The van der Waals surface area contributed by atoms with E-state index in [1.807, 2.05) is 5.38 Å². The molecule has 1 atom stereocenters. The zero-order valence-corrected chi connectivity index (χ0v) is 8.48. The smallest absolute Gasteiger partial charge is 0.112 e. The Morgan fingerprint density at radius 3 is 3.07 bits per heavy atom. The van der Waals surface area contributed by atoms with E-state index in [1.165, 1.54) is 11.3 Å². The minimum absolute atomic E-state index is 0.496. The van der Waals surface area contributed by atoms with Crippen LogP contribution in [0.4, 0.5) is 0 Å². The number of hydrogen-bond donors (Lipinski definition) is 1. The fourth-order valence-corrected chi connectivity index (χ4v) is 1.80. The van der Waals surface area contributed by atoms with Gasteiger partial charge < -0.3 is 5.11 Å². The lowest BCUT2D eigenvalue weighted by atomic mass is 10.2. The molecule has 2 heterocycles. The molecule has 0 radical (unpaired) electrons. The highest BCUT2D eigenvalue weighted by molar-refractivity contribution is 7.09. The first kappa shape index (κ1) is 9.29. The molecule has 0 bridgehead atoms. The Balaban J connectivity index is 2.06.